The van der Waals surface area contributed by atoms with Crippen LogP contribution >= 0.6 is 11.8 Å². The van der Waals surface area contributed by atoms with E-state index < -0.39 is 0 Å². The molecule has 1 amide bonds. The van der Waals surface area contributed by atoms with Gasteiger partial charge in [0, 0.05) is 7.05 Å². The van der Waals surface area contributed by atoms with Crippen LogP contribution in [0.2, 0.25) is 0 Å². The molecule has 2 aromatic rings. The average molecular weight is 348 g/mol. The van der Waals surface area contributed by atoms with Gasteiger partial charge in [0.1, 0.15) is 18.7 Å². The summed E-state index contributed by atoms with van der Waals surface area (Å²) in [5.74, 6) is 1.08. The first-order chi connectivity index (χ1) is 11.4. The first-order valence-electron chi connectivity index (χ1n) is 7.83. The van der Waals surface area contributed by atoms with Crippen molar-refractivity contribution in [2.75, 3.05) is 18.9 Å². The van der Waals surface area contributed by atoms with Crippen LogP contribution in [0.3, 0.4) is 0 Å². The highest BCUT2D eigenvalue weighted by atomic mass is 32.2. The van der Waals surface area contributed by atoms with Gasteiger partial charge in [-0.15, -0.1) is 10.2 Å². The van der Waals surface area contributed by atoms with Crippen LogP contribution in [0.5, 0.6) is 5.75 Å². The van der Waals surface area contributed by atoms with E-state index in [0.29, 0.717) is 18.9 Å². The molecular formula is C17H24N4O2S. The van der Waals surface area contributed by atoms with Crippen LogP contribution in [0, 0.1) is 0 Å². The number of nitrogens with one attached hydrogen (secondary N) is 1. The molecule has 1 N–H and O–H groups in total. The third-order valence-corrected chi connectivity index (χ3v) is 4.45. The number of benzene rings is 1. The summed E-state index contributed by atoms with van der Waals surface area (Å²) in [4.78, 5) is 11.8. The highest BCUT2D eigenvalue weighted by Crippen LogP contribution is 2.24. The Labute approximate surface area is 147 Å². The van der Waals surface area contributed by atoms with Crippen LogP contribution in [0.4, 0.5) is 0 Å². The van der Waals surface area contributed by atoms with E-state index in [0.717, 1.165) is 10.9 Å². The van der Waals surface area contributed by atoms with Gasteiger partial charge in [-0.3, -0.25) is 4.79 Å². The zero-order valence-electron chi connectivity index (χ0n) is 14.6. The first kappa shape index (κ1) is 18.3. The van der Waals surface area contributed by atoms with Gasteiger partial charge in [0.25, 0.3) is 0 Å². The highest BCUT2D eigenvalue weighted by Gasteiger charge is 2.13. The Balaban J connectivity index is 1.65. The van der Waals surface area contributed by atoms with E-state index in [1.807, 2.05) is 19.2 Å². The maximum atomic E-state index is 11.8. The number of carbonyl (C=O) groups excluding carboxylic acids is 1. The Morgan fingerprint density at radius 1 is 1.29 bits per heavy atom. The zero-order valence-corrected chi connectivity index (χ0v) is 15.4. The number of thioether (sulfide) groups is 1. The van der Waals surface area contributed by atoms with Gasteiger partial charge < -0.3 is 14.6 Å². The minimum Gasteiger partial charge on any atom is -0.492 e. The molecule has 0 aliphatic carbocycles. The molecule has 0 radical (unpaired) electrons. The fourth-order valence-corrected chi connectivity index (χ4v) is 2.71. The molecule has 1 heterocycles. The summed E-state index contributed by atoms with van der Waals surface area (Å²) >= 11 is 1.36. The molecule has 0 fully saturated rings. The van der Waals surface area contributed by atoms with Crippen LogP contribution < -0.4 is 10.1 Å². The Morgan fingerprint density at radius 3 is 2.58 bits per heavy atom. The molecule has 0 atom stereocenters. The smallest absolute Gasteiger partial charge is 0.230 e. The summed E-state index contributed by atoms with van der Waals surface area (Å²) in [5.41, 5.74) is 1.40. The molecule has 6 nitrogen and oxygen atoms in total. The molecule has 1 aromatic carbocycles. The third-order valence-electron chi connectivity index (χ3n) is 3.42. The lowest BCUT2D eigenvalue weighted by molar-refractivity contribution is -0.118. The minimum atomic E-state index is -0.0466. The summed E-state index contributed by atoms with van der Waals surface area (Å²) in [5, 5.41) is 11.2. The van der Waals surface area contributed by atoms with Crippen LogP contribution in [0.15, 0.2) is 35.7 Å². The number of aromatic nitrogens is 3. The van der Waals surface area contributed by atoms with Gasteiger partial charge in [0.15, 0.2) is 5.16 Å². The van der Waals surface area contributed by atoms with E-state index in [9.17, 15) is 4.79 Å². The fourth-order valence-electron chi connectivity index (χ4n) is 1.99. The highest BCUT2D eigenvalue weighted by molar-refractivity contribution is 7.99. The normalized spacial score (nSPS) is 11.3. The molecule has 2 rings (SSSR count). The number of aryl methyl sites for hydroxylation is 1. The summed E-state index contributed by atoms with van der Waals surface area (Å²) in [7, 11) is 1.85. The van der Waals surface area contributed by atoms with Crippen molar-refractivity contribution in [1.29, 1.82) is 0 Å². The van der Waals surface area contributed by atoms with E-state index in [2.05, 4.69) is 48.4 Å². The van der Waals surface area contributed by atoms with Gasteiger partial charge in [0.05, 0.1) is 12.3 Å². The number of hydrogen-bond donors (Lipinski definition) is 1. The van der Waals surface area contributed by atoms with Crippen molar-refractivity contribution in [3.63, 3.8) is 0 Å². The van der Waals surface area contributed by atoms with Crippen molar-refractivity contribution in [2.45, 2.75) is 31.3 Å². The van der Waals surface area contributed by atoms with Crippen molar-refractivity contribution in [3.05, 3.63) is 36.2 Å². The molecule has 0 spiro atoms. The second kappa shape index (κ2) is 8.19. The Morgan fingerprint density at radius 2 is 2.00 bits per heavy atom. The minimum absolute atomic E-state index is 0.0466. The van der Waals surface area contributed by atoms with Gasteiger partial charge in [0.2, 0.25) is 5.91 Å². The lowest BCUT2D eigenvalue weighted by Crippen LogP contribution is -2.29. The van der Waals surface area contributed by atoms with E-state index >= 15 is 0 Å². The Bertz CT molecular complexity index is 662. The standard InChI is InChI=1S/C17H24N4O2S/c1-17(2,3)13-5-7-14(8-6-13)23-10-9-18-15(22)11-24-16-20-19-12-21(16)4/h5-8,12H,9-11H2,1-4H3,(H,18,22). The monoisotopic (exact) mass is 348 g/mol. The molecule has 0 unspecified atom stereocenters. The molecule has 24 heavy (non-hydrogen) atoms. The average Bonchev–Trinajstić information content (AvgIpc) is 2.94. The van der Waals surface area contributed by atoms with Gasteiger partial charge >= 0.3 is 0 Å². The van der Waals surface area contributed by atoms with Crippen LogP contribution in [-0.2, 0) is 17.3 Å². The second-order valence-corrected chi connectivity index (χ2v) is 7.43. The van der Waals surface area contributed by atoms with Gasteiger partial charge in [-0.2, -0.15) is 0 Å². The lowest BCUT2D eigenvalue weighted by Gasteiger charge is -2.19. The number of carbonyl (C=O) groups is 1. The molecular weight excluding hydrogens is 324 g/mol. The van der Waals surface area contributed by atoms with Crippen LogP contribution in [0.1, 0.15) is 26.3 Å². The van der Waals surface area contributed by atoms with Gasteiger partial charge in [-0.25, -0.2) is 0 Å². The van der Waals surface area contributed by atoms with Gasteiger partial charge in [-0.05, 0) is 23.1 Å². The number of amides is 1. The predicted molar refractivity (Wildman–Crippen MR) is 95.4 cm³/mol. The summed E-state index contributed by atoms with van der Waals surface area (Å²) in [6.07, 6.45) is 1.61. The third kappa shape index (κ3) is 5.56. The molecule has 0 bridgehead atoms. The van der Waals surface area contributed by atoms with Crippen molar-refractivity contribution >= 4 is 17.7 Å². The molecule has 0 aliphatic rings. The van der Waals surface area contributed by atoms with Crippen LogP contribution in [0.25, 0.3) is 0 Å². The van der Waals surface area contributed by atoms with E-state index in [-0.39, 0.29) is 11.3 Å². The maximum absolute atomic E-state index is 11.8. The molecule has 130 valence electrons. The fraction of sp³-hybridized carbons (Fsp3) is 0.471. The summed E-state index contributed by atoms with van der Waals surface area (Å²) in [6, 6.07) is 8.08. The molecule has 0 aliphatic heterocycles. The number of nitrogens with zero attached hydrogens (tertiary/aromatic N) is 3. The second-order valence-electron chi connectivity index (χ2n) is 6.49. The van der Waals surface area contributed by atoms with Gasteiger partial charge in [-0.1, -0.05) is 44.7 Å². The maximum Gasteiger partial charge on any atom is 0.230 e. The molecule has 7 heteroatoms. The first-order valence-corrected chi connectivity index (χ1v) is 8.81. The van der Waals surface area contributed by atoms with Crippen molar-refractivity contribution in [3.8, 4) is 5.75 Å². The molecule has 0 saturated carbocycles. The SMILES string of the molecule is Cn1cnnc1SCC(=O)NCCOc1ccc(C(C)(C)C)cc1. The predicted octanol–water partition coefficient (Wildman–Crippen LogP) is 2.40. The molecule has 0 saturated heterocycles. The van der Waals surface area contributed by atoms with Crippen molar-refractivity contribution in [1.82, 2.24) is 20.1 Å². The number of ether oxygens (including phenoxy) is 1. The summed E-state index contributed by atoms with van der Waals surface area (Å²) in [6.45, 7) is 7.45. The van der Waals surface area contributed by atoms with Crippen molar-refractivity contribution in [2.24, 2.45) is 7.05 Å². The number of rotatable bonds is 7. The van der Waals surface area contributed by atoms with Crippen LogP contribution in [-0.4, -0.2) is 39.6 Å². The van der Waals surface area contributed by atoms with Crippen molar-refractivity contribution < 1.29 is 9.53 Å². The zero-order chi connectivity index (χ0) is 17.6. The Hall–Kier alpha value is -2.02. The molecule has 1 aromatic heterocycles. The Kier molecular flexibility index (Phi) is 6.25. The topological polar surface area (TPSA) is 69.0 Å². The number of hydrogen-bond acceptors (Lipinski definition) is 5. The lowest BCUT2D eigenvalue weighted by atomic mass is 9.87. The van der Waals surface area contributed by atoms with E-state index in [1.165, 1.54) is 17.3 Å². The van der Waals surface area contributed by atoms with E-state index in [4.69, 9.17) is 4.74 Å². The largest absolute Gasteiger partial charge is 0.492 e. The quantitative estimate of drug-likeness (QED) is 0.615. The van der Waals surface area contributed by atoms with E-state index in [1.54, 1.807) is 10.9 Å². The summed E-state index contributed by atoms with van der Waals surface area (Å²) < 4.78 is 7.43.